The van der Waals surface area contributed by atoms with Gasteiger partial charge in [0.2, 0.25) is 0 Å². The molecule has 3 aliphatic carbocycles. The first-order valence-corrected chi connectivity index (χ1v) is 21.9. The second-order valence-electron chi connectivity index (χ2n) is 16.2. The third-order valence-electron chi connectivity index (χ3n) is 11.5. The van der Waals surface area contributed by atoms with Crippen LogP contribution < -0.4 is 0 Å². The summed E-state index contributed by atoms with van der Waals surface area (Å²) in [7, 11) is -3.93. The Kier molecular flexibility index (Phi) is 10.3. The Morgan fingerprint density at radius 1 is 0.974 bits per heavy atom. The van der Waals surface area contributed by atoms with Gasteiger partial charge in [-0.2, -0.15) is 0 Å². The highest BCUT2D eigenvalue weighted by atomic mass is 28.4. The van der Waals surface area contributed by atoms with Gasteiger partial charge in [0.25, 0.3) is 0 Å². The predicted octanol–water partition coefficient (Wildman–Crippen LogP) is 9.34. The lowest BCUT2D eigenvalue weighted by molar-refractivity contribution is -0.208. The van der Waals surface area contributed by atoms with Crippen LogP contribution in [0.5, 0.6) is 0 Å². The first-order chi connectivity index (χ1) is 17.9. The van der Waals surface area contributed by atoms with E-state index in [0.717, 1.165) is 38.0 Å². The van der Waals surface area contributed by atoms with Gasteiger partial charge in [0.15, 0.2) is 16.6 Å². The summed E-state index contributed by atoms with van der Waals surface area (Å²) in [6, 6.07) is 0. The van der Waals surface area contributed by atoms with Crippen molar-refractivity contribution in [3.05, 3.63) is 12.7 Å². The maximum absolute atomic E-state index is 11.7. The summed E-state index contributed by atoms with van der Waals surface area (Å²) in [5.41, 5.74) is -0.760. The second kappa shape index (κ2) is 12.1. The lowest BCUT2D eigenvalue weighted by atomic mass is 9.45. The van der Waals surface area contributed by atoms with Gasteiger partial charge in [-0.05, 0) is 85.6 Å². The smallest absolute Gasteiger partial charge is 0.193 e. The molecule has 0 saturated heterocycles. The average molecular weight is 575 g/mol. The van der Waals surface area contributed by atoms with Crippen LogP contribution in [-0.4, -0.2) is 39.6 Å². The molecule has 0 bridgehead atoms. The minimum Gasteiger partial charge on any atom is -0.413 e. The van der Waals surface area contributed by atoms with E-state index < -0.39 is 22.2 Å². The molecule has 3 rings (SSSR count). The van der Waals surface area contributed by atoms with E-state index >= 15 is 0 Å². The highest BCUT2D eigenvalue weighted by Crippen LogP contribution is 2.61. The zero-order valence-electron chi connectivity index (χ0n) is 27.5. The van der Waals surface area contributed by atoms with Crippen LogP contribution in [0.25, 0.3) is 0 Å². The molecule has 0 amide bonds. The normalized spacial score (nSPS) is 33.1. The molecule has 0 heterocycles. The molecule has 0 radical (unpaired) electrons. The third-order valence-corrected chi connectivity index (χ3v) is 20.5. The molecule has 0 aromatic heterocycles. The maximum Gasteiger partial charge on any atom is 0.193 e. The molecular weight excluding hydrogens is 513 g/mol. The zero-order valence-corrected chi connectivity index (χ0v) is 29.5. The van der Waals surface area contributed by atoms with Gasteiger partial charge in [0.05, 0.1) is 11.7 Å². The van der Waals surface area contributed by atoms with Crippen molar-refractivity contribution < 1.29 is 14.0 Å². The van der Waals surface area contributed by atoms with Gasteiger partial charge in [-0.1, -0.05) is 98.5 Å². The van der Waals surface area contributed by atoms with Crippen molar-refractivity contribution >= 4 is 16.6 Å². The van der Waals surface area contributed by atoms with Crippen LogP contribution in [0.15, 0.2) is 12.7 Å². The quantitative estimate of drug-likeness (QED) is 0.169. The summed E-state index contributed by atoms with van der Waals surface area (Å²) < 4.78 is 14.2. The van der Waals surface area contributed by atoms with E-state index in [1.807, 2.05) is 6.08 Å². The van der Waals surface area contributed by atoms with Crippen molar-refractivity contribution in [3.8, 4) is 11.8 Å². The van der Waals surface area contributed by atoms with Crippen LogP contribution in [0.3, 0.4) is 0 Å². The minimum absolute atomic E-state index is 0.00845. The Morgan fingerprint density at radius 2 is 1.56 bits per heavy atom. The largest absolute Gasteiger partial charge is 0.413 e. The van der Waals surface area contributed by atoms with E-state index in [4.69, 9.17) is 8.85 Å². The van der Waals surface area contributed by atoms with Crippen molar-refractivity contribution in [3.63, 3.8) is 0 Å². The summed E-state index contributed by atoms with van der Waals surface area (Å²) in [6.07, 6.45) is 12.4. The van der Waals surface area contributed by atoms with Crippen molar-refractivity contribution in [2.75, 3.05) is 0 Å². The standard InChI is InChI=1S/C34H62O3Si2/c1-13-17-28-31-27(21-20-26(24-25-18-15-16-19-25)36-38(9,10)32(3,4)5)30(37-39(11,12)33(6,7)8)23-22-29(31)34(28,35)14-2/h14,25-31,35H,2,13,15-19,22-24H2,1,3-12H3/t26-,27-,28?,29-,30+,31-,34?/m1/s1. The first kappa shape index (κ1) is 33.1. The van der Waals surface area contributed by atoms with E-state index in [1.54, 1.807) is 0 Å². The van der Waals surface area contributed by atoms with Crippen LogP contribution in [0.4, 0.5) is 0 Å². The number of hydrogen-bond acceptors (Lipinski definition) is 3. The topological polar surface area (TPSA) is 38.7 Å². The van der Waals surface area contributed by atoms with Gasteiger partial charge >= 0.3 is 0 Å². The molecule has 3 nitrogen and oxygen atoms in total. The fraction of sp³-hybridized carbons (Fsp3) is 0.882. The van der Waals surface area contributed by atoms with Gasteiger partial charge in [0, 0.05) is 5.92 Å². The van der Waals surface area contributed by atoms with Gasteiger partial charge in [-0.15, -0.1) is 6.58 Å². The maximum atomic E-state index is 11.7. The molecule has 0 aromatic carbocycles. The third kappa shape index (κ3) is 6.99. The van der Waals surface area contributed by atoms with Gasteiger partial charge < -0.3 is 14.0 Å². The van der Waals surface area contributed by atoms with E-state index in [2.05, 4.69) is 93.1 Å². The molecule has 0 aliphatic heterocycles. The Labute approximate surface area is 244 Å². The second-order valence-corrected chi connectivity index (χ2v) is 25.7. The van der Waals surface area contributed by atoms with Crippen LogP contribution in [0, 0.1) is 41.4 Å². The van der Waals surface area contributed by atoms with Crippen LogP contribution >= 0.6 is 0 Å². The number of aliphatic hydroxyl groups is 1. The molecule has 224 valence electrons. The molecular formula is C34H62O3Si2. The predicted molar refractivity (Wildman–Crippen MR) is 172 cm³/mol. The molecule has 2 unspecified atom stereocenters. The number of fused-ring (bicyclic) bond motifs is 1. The summed E-state index contributed by atoms with van der Waals surface area (Å²) >= 11 is 0. The molecule has 0 spiro atoms. The molecule has 3 aliphatic rings. The molecule has 5 heteroatoms. The molecule has 3 fully saturated rings. The number of hydrogen-bond donors (Lipinski definition) is 1. The highest BCUT2D eigenvalue weighted by molar-refractivity contribution is 6.74. The zero-order chi connectivity index (χ0) is 29.4. The van der Waals surface area contributed by atoms with Crippen LogP contribution in [-0.2, 0) is 8.85 Å². The Morgan fingerprint density at radius 3 is 2.08 bits per heavy atom. The van der Waals surface area contributed by atoms with E-state index in [1.165, 1.54) is 25.7 Å². The monoisotopic (exact) mass is 574 g/mol. The van der Waals surface area contributed by atoms with Crippen molar-refractivity contribution in [2.24, 2.45) is 29.6 Å². The van der Waals surface area contributed by atoms with Gasteiger partial charge in [0.1, 0.15) is 6.10 Å². The van der Waals surface area contributed by atoms with Gasteiger partial charge in [-0.3, -0.25) is 0 Å². The summed E-state index contributed by atoms with van der Waals surface area (Å²) in [4.78, 5) is 0. The summed E-state index contributed by atoms with van der Waals surface area (Å²) in [5, 5.41) is 12.0. The minimum atomic E-state index is -1.97. The molecule has 39 heavy (non-hydrogen) atoms. The highest BCUT2D eigenvalue weighted by Gasteiger charge is 2.64. The first-order valence-electron chi connectivity index (χ1n) is 16.1. The molecule has 7 atom stereocenters. The molecule has 0 aromatic rings. The fourth-order valence-corrected chi connectivity index (χ4v) is 9.66. The SMILES string of the molecule is C=CC1(O)C(CCC)[C@H]2[C@H](C#C[C@H](CC3CCCC3)O[Si](C)(C)C(C)(C)C)[C@@H](O[Si](C)(C)C(C)(C)C)CC[C@H]21. The fourth-order valence-electron chi connectivity index (χ4n) is 7.07. The average Bonchev–Trinajstić information content (AvgIpc) is 3.32. The van der Waals surface area contributed by atoms with Crippen molar-refractivity contribution in [2.45, 2.75) is 160 Å². The van der Waals surface area contributed by atoms with E-state index in [9.17, 15) is 5.11 Å². The molecule has 1 N–H and O–H groups in total. The summed E-state index contributed by atoms with van der Waals surface area (Å²) in [6.45, 7) is 29.8. The van der Waals surface area contributed by atoms with Crippen molar-refractivity contribution in [1.82, 2.24) is 0 Å². The van der Waals surface area contributed by atoms with E-state index in [-0.39, 0.29) is 40.0 Å². The lowest BCUT2D eigenvalue weighted by Gasteiger charge is -2.63. The van der Waals surface area contributed by atoms with E-state index in [0.29, 0.717) is 5.92 Å². The molecule has 3 saturated carbocycles. The van der Waals surface area contributed by atoms with Gasteiger partial charge in [-0.25, -0.2) is 0 Å². The Bertz CT molecular complexity index is 896. The summed E-state index contributed by atoms with van der Waals surface area (Å²) in [5.74, 6) is 9.34. The lowest BCUT2D eigenvalue weighted by Crippen LogP contribution is -2.67. The number of rotatable bonds is 9. The Hall–Kier alpha value is -0.386. The Balaban J connectivity index is 1.99. The van der Waals surface area contributed by atoms with Crippen molar-refractivity contribution in [1.29, 1.82) is 0 Å². The van der Waals surface area contributed by atoms with Crippen LogP contribution in [0.2, 0.25) is 36.3 Å². The van der Waals surface area contributed by atoms with Crippen LogP contribution in [0.1, 0.15) is 106 Å².